The number of hydrogen-bond donors (Lipinski definition) is 1. The maximum atomic E-state index is 13.5. The Kier molecular flexibility index (Phi) is 5.24. The number of nitrogens with one attached hydrogen (secondary N) is 1. The van der Waals surface area contributed by atoms with Crippen LogP contribution in [-0.2, 0) is 0 Å². The highest BCUT2D eigenvalue weighted by molar-refractivity contribution is 9.10. The van der Waals surface area contributed by atoms with Crippen molar-refractivity contribution in [2.45, 2.75) is 38.1 Å². The second kappa shape index (κ2) is 6.56. The molecule has 0 heterocycles. The fourth-order valence-corrected chi connectivity index (χ4v) is 4.01. The van der Waals surface area contributed by atoms with Crippen LogP contribution in [0.2, 0.25) is 0 Å². The predicted octanol–water partition coefficient (Wildman–Crippen LogP) is 4.66. The lowest BCUT2D eigenvalue weighted by Crippen LogP contribution is -2.52. The Balaban J connectivity index is 2.19. The first-order valence-corrected chi connectivity index (χ1v) is 8.71. The zero-order chi connectivity index (χ0) is 14.8. The molecule has 1 aliphatic carbocycles. The number of benzene rings is 1. The van der Waals surface area contributed by atoms with Crippen LogP contribution in [0, 0.1) is 11.7 Å². The van der Waals surface area contributed by atoms with Crippen LogP contribution in [0.25, 0.3) is 0 Å². The molecule has 2 rings (SSSR count). The van der Waals surface area contributed by atoms with E-state index in [0.29, 0.717) is 11.5 Å². The molecule has 1 N–H and O–H groups in total. The third-order valence-corrected chi connectivity index (χ3v) is 5.80. The van der Waals surface area contributed by atoms with Crippen LogP contribution >= 0.6 is 31.9 Å². The molecule has 1 aliphatic rings. The van der Waals surface area contributed by atoms with Gasteiger partial charge in [-0.3, -0.25) is 4.79 Å². The average Bonchev–Trinajstić information content (AvgIpc) is 2.41. The predicted molar refractivity (Wildman–Crippen MR) is 85.7 cm³/mol. The van der Waals surface area contributed by atoms with Gasteiger partial charge in [0.05, 0.1) is 15.6 Å². The summed E-state index contributed by atoms with van der Waals surface area (Å²) < 4.78 is 13.7. The van der Waals surface area contributed by atoms with Crippen molar-refractivity contribution in [2.24, 2.45) is 5.92 Å². The van der Waals surface area contributed by atoms with Crippen molar-refractivity contribution < 1.29 is 9.18 Å². The monoisotopic (exact) mass is 405 g/mol. The Bertz CT molecular complexity index is 509. The number of rotatable bonds is 3. The van der Waals surface area contributed by atoms with E-state index in [1.807, 2.05) is 0 Å². The summed E-state index contributed by atoms with van der Waals surface area (Å²) in [4.78, 5) is 12.4. The summed E-state index contributed by atoms with van der Waals surface area (Å²) in [6.45, 7) is 2.21. The Hall–Kier alpha value is -0.420. The lowest BCUT2D eigenvalue weighted by atomic mass is 9.77. The molecule has 0 aromatic heterocycles. The molecule has 5 heteroatoms. The minimum atomic E-state index is -0.414. The van der Waals surface area contributed by atoms with E-state index in [1.165, 1.54) is 12.5 Å². The van der Waals surface area contributed by atoms with Crippen LogP contribution < -0.4 is 5.32 Å². The molecule has 1 saturated carbocycles. The van der Waals surface area contributed by atoms with Gasteiger partial charge in [-0.05, 0) is 46.8 Å². The van der Waals surface area contributed by atoms with Crippen LogP contribution in [0.5, 0.6) is 0 Å². The van der Waals surface area contributed by atoms with Gasteiger partial charge in [0, 0.05) is 5.33 Å². The molecule has 0 saturated heterocycles. The van der Waals surface area contributed by atoms with Crippen molar-refractivity contribution in [3.8, 4) is 0 Å². The summed E-state index contributed by atoms with van der Waals surface area (Å²) >= 11 is 6.68. The molecule has 1 amide bonds. The highest BCUT2D eigenvalue weighted by Gasteiger charge is 2.35. The van der Waals surface area contributed by atoms with Crippen LogP contribution in [0.4, 0.5) is 4.39 Å². The number of alkyl halides is 1. The van der Waals surface area contributed by atoms with Crippen molar-refractivity contribution in [3.05, 3.63) is 34.1 Å². The topological polar surface area (TPSA) is 29.1 Å². The second-order valence-electron chi connectivity index (χ2n) is 5.67. The van der Waals surface area contributed by atoms with E-state index < -0.39 is 5.82 Å². The number of hydrogen-bond acceptors (Lipinski definition) is 1. The minimum absolute atomic E-state index is 0.218. The highest BCUT2D eigenvalue weighted by Crippen LogP contribution is 2.34. The quantitative estimate of drug-likeness (QED) is 0.726. The van der Waals surface area contributed by atoms with Gasteiger partial charge in [0.1, 0.15) is 5.82 Å². The molecule has 2 nitrogen and oxygen atoms in total. The zero-order valence-electron chi connectivity index (χ0n) is 11.4. The van der Waals surface area contributed by atoms with Gasteiger partial charge in [-0.2, -0.15) is 0 Å². The summed E-state index contributed by atoms with van der Waals surface area (Å²) in [6, 6.07) is 4.53. The zero-order valence-corrected chi connectivity index (χ0v) is 14.6. The number of carbonyl (C=O) groups is 1. The summed E-state index contributed by atoms with van der Waals surface area (Å²) in [6.07, 6.45) is 4.23. The maximum Gasteiger partial charge on any atom is 0.252 e. The molecular formula is C15H18Br2FNO. The molecule has 2 atom stereocenters. The van der Waals surface area contributed by atoms with Crippen LogP contribution in [0.15, 0.2) is 22.7 Å². The van der Waals surface area contributed by atoms with Gasteiger partial charge in [0.2, 0.25) is 0 Å². The van der Waals surface area contributed by atoms with E-state index in [-0.39, 0.29) is 15.9 Å². The second-order valence-corrected chi connectivity index (χ2v) is 7.02. The molecule has 1 fully saturated rings. The number of halogens is 3. The molecule has 0 radical (unpaired) electrons. The first-order chi connectivity index (χ1) is 9.47. The molecule has 2 unspecified atom stereocenters. The third kappa shape index (κ3) is 3.42. The number of carbonyl (C=O) groups excluding carboxylic acids is 1. The fraction of sp³-hybridized carbons (Fsp3) is 0.533. The van der Waals surface area contributed by atoms with Crippen LogP contribution in [-0.4, -0.2) is 16.8 Å². The molecule has 110 valence electrons. The molecular weight excluding hydrogens is 389 g/mol. The van der Waals surface area contributed by atoms with Crippen molar-refractivity contribution in [1.29, 1.82) is 0 Å². The van der Waals surface area contributed by atoms with E-state index in [4.69, 9.17) is 0 Å². The van der Waals surface area contributed by atoms with Crippen molar-refractivity contribution in [2.75, 3.05) is 5.33 Å². The molecule has 0 bridgehead atoms. The van der Waals surface area contributed by atoms with Crippen LogP contribution in [0.3, 0.4) is 0 Å². The Morgan fingerprint density at radius 2 is 2.30 bits per heavy atom. The van der Waals surface area contributed by atoms with E-state index in [0.717, 1.165) is 24.6 Å². The highest BCUT2D eigenvalue weighted by atomic mass is 79.9. The summed E-state index contributed by atoms with van der Waals surface area (Å²) in [5.41, 5.74) is 0.129. The number of amides is 1. The van der Waals surface area contributed by atoms with Gasteiger partial charge in [0.15, 0.2) is 0 Å². The van der Waals surface area contributed by atoms with Gasteiger partial charge in [-0.15, -0.1) is 0 Å². The first kappa shape index (κ1) is 16.0. The van der Waals surface area contributed by atoms with E-state index in [2.05, 4.69) is 44.1 Å². The summed E-state index contributed by atoms with van der Waals surface area (Å²) in [7, 11) is 0. The standard InChI is InChI=1S/C15H18Br2FNO/c1-10-4-3-7-15(8-10,9-16)19-14(20)11-5-2-6-12(18)13(11)17/h2,5-6,10H,3-4,7-9H2,1H3,(H,19,20). The molecule has 0 spiro atoms. The molecule has 0 aliphatic heterocycles. The lowest BCUT2D eigenvalue weighted by Gasteiger charge is -2.39. The van der Waals surface area contributed by atoms with Gasteiger partial charge >= 0.3 is 0 Å². The Morgan fingerprint density at radius 1 is 1.55 bits per heavy atom. The Labute approximate surface area is 135 Å². The largest absolute Gasteiger partial charge is 0.346 e. The van der Waals surface area contributed by atoms with Gasteiger partial charge < -0.3 is 5.32 Å². The SMILES string of the molecule is CC1CCCC(CBr)(NC(=O)c2cccc(F)c2Br)C1. The maximum absolute atomic E-state index is 13.5. The Morgan fingerprint density at radius 3 is 2.95 bits per heavy atom. The van der Waals surface area contributed by atoms with Crippen LogP contribution in [0.1, 0.15) is 43.0 Å². The molecule has 20 heavy (non-hydrogen) atoms. The summed E-state index contributed by atoms with van der Waals surface area (Å²) in [5.74, 6) is -0.0370. The van der Waals surface area contributed by atoms with Crippen molar-refractivity contribution in [1.82, 2.24) is 5.32 Å². The molecule has 1 aromatic carbocycles. The summed E-state index contributed by atoms with van der Waals surface area (Å²) in [5, 5.41) is 3.84. The average molecular weight is 407 g/mol. The van der Waals surface area contributed by atoms with Crippen molar-refractivity contribution >= 4 is 37.8 Å². The lowest BCUT2D eigenvalue weighted by molar-refractivity contribution is 0.0868. The smallest absolute Gasteiger partial charge is 0.252 e. The van der Waals surface area contributed by atoms with E-state index in [1.54, 1.807) is 12.1 Å². The van der Waals surface area contributed by atoms with Gasteiger partial charge in [-0.1, -0.05) is 41.8 Å². The van der Waals surface area contributed by atoms with Gasteiger partial charge in [0.25, 0.3) is 5.91 Å². The van der Waals surface area contributed by atoms with Gasteiger partial charge in [-0.25, -0.2) is 4.39 Å². The third-order valence-electron chi connectivity index (χ3n) is 3.92. The first-order valence-electron chi connectivity index (χ1n) is 6.80. The van der Waals surface area contributed by atoms with E-state index >= 15 is 0 Å². The normalized spacial score (nSPS) is 26.3. The van der Waals surface area contributed by atoms with Crippen molar-refractivity contribution in [3.63, 3.8) is 0 Å². The van der Waals surface area contributed by atoms with E-state index in [9.17, 15) is 9.18 Å². The fourth-order valence-electron chi connectivity index (χ4n) is 2.92. The minimum Gasteiger partial charge on any atom is -0.346 e. The molecule has 1 aromatic rings.